The van der Waals surface area contributed by atoms with E-state index in [1.54, 1.807) is 11.1 Å². The molecule has 1 heteroatoms. The lowest BCUT2D eigenvalue weighted by molar-refractivity contribution is 0.0632. The Balaban J connectivity index is 2.14. The van der Waals surface area contributed by atoms with E-state index in [9.17, 15) is 5.11 Å². The normalized spacial score (nSPS) is 33.5. The summed E-state index contributed by atoms with van der Waals surface area (Å²) in [7, 11) is 0. The lowest BCUT2D eigenvalue weighted by Gasteiger charge is -2.42. The van der Waals surface area contributed by atoms with Crippen LogP contribution in [0.5, 0.6) is 0 Å². The Bertz CT molecular complexity index is 358. The SMILES string of the molecule is CCCC1/C(=C/C=C2CCCCC2)CCCC1(C)CO. The van der Waals surface area contributed by atoms with Gasteiger partial charge in [0.2, 0.25) is 0 Å². The molecule has 0 aromatic heterocycles. The number of rotatable bonds is 4. The van der Waals surface area contributed by atoms with Gasteiger partial charge in [0, 0.05) is 6.61 Å². The first-order valence-electron chi connectivity index (χ1n) is 8.69. The molecule has 0 bridgehead atoms. The van der Waals surface area contributed by atoms with Crippen LogP contribution in [-0.2, 0) is 0 Å². The van der Waals surface area contributed by atoms with Gasteiger partial charge in [0.05, 0.1) is 0 Å². The molecule has 2 aliphatic rings. The fourth-order valence-corrected chi connectivity index (χ4v) is 4.10. The summed E-state index contributed by atoms with van der Waals surface area (Å²) in [6, 6.07) is 0. The average Bonchev–Trinajstić information content (AvgIpc) is 2.49. The van der Waals surface area contributed by atoms with Crippen LogP contribution >= 0.6 is 0 Å². The number of aliphatic hydroxyl groups is 1. The van der Waals surface area contributed by atoms with E-state index in [-0.39, 0.29) is 5.41 Å². The third kappa shape index (κ3) is 3.75. The third-order valence-electron chi connectivity index (χ3n) is 5.47. The molecule has 20 heavy (non-hydrogen) atoms. The topological polar surface area (TPSA) is 20.2 Å². The van der Waals surface area contributed by atoms with Gasteiger partial charge in [-0.25, -0.2) is 0 Å². The zero-order chi connectivity index (χ0) is 14.4. The van der Waals surface area contributed by atoms with Crippen molar-refractivity contribution in [1.82, 2.24) is 0 Å². The predicted octanol–water partition coefficient (Wildman–Crippen LogP) is 5.40. The molecule has 0 aromatic rings. The highest BCUT2D eigenvalue weighted by atomic mass is 16.3. The quantitative estimate of drug-likeness (QED) is 0.728. The van der Waals surface area contributed by atoms with E-state index in [2.05, 4.69) is 26.0 Å². The van der Waals surface area contributed by atoms with Crippen molar-refractivity contribution in [1.29, 1.82) is 0 Å². The Morgan fingerprint density at radius 1 is 1.10 bits per heavy atom. The van der Waals surface area contributed by atoms with E-state index in [0.717, 1.165) is 0 Å². The molecular formula is C19H32O. The summed E-state index contributed by atoms with van der Waals surface area (Å²) in [5, 5.41) is 9.84. The van der Waals surface area contributed by atoms with E-state index in [0.29, 0.717) is 12.5 Å². The highest BCUT2D eigenvalue weighted by Crippen LogP contribution is 2.46. The van der Waals surface area contributed by atoms with Crippen LogP contribution in [0.4, 0.5) is 0 Å². The molecule has 2 saturated carbocycles. The van der Waals surface area contributed by atoms with Gasteiger partial charge in [0.15, 0.2) is 0 Å². The zero-order valence-electron chi connectivity index (χ0n) is 13.5. The van der Waals surface area contributed by atoms with E-state index >= 15 is 0 Å². The maximum Gasteiger partial charge on any atom is 0.0490 e. The summed E-state index contributed by atoms with van der Waals surface area (Å²) in [6.45, 7) is 4.89. The molecule has 2 rings (SSSR count). The standard InChI is InChI=1S/C19H32O/c1-3-8-18-17(11-7-14-19(18,2)15-20)13-12-16-9-5-4-6-10-16/h12-13,18,20H,3-11,14-15H2,1-2H3/b17-13+. The molecular weight excluding hydrogens is 244 g/mol. The van der Waals surface area contributed by atoms with Gasteiger partial charge in [-0.2, -0.15) is 0 Å². The first-order chi connectivity index (χ1) is 9.69. The number of hydrogen-bond acceptors (Lipinski definition) is 1. The fraction of sp³-hybridized carbons (Fsp3) is 0.789. The molecule has 114 valence electrons. The van der Waals surface area contributed by atoms with Crippen LogP contribution in [0.25, 0.3) is 0 Å². The van der Waals surface area contributed by atoms with E-state index in [4.69, 9.17) is 0 Å². The van der Waals surface area contributed by atoms with Gasteiger partial charge in [-0.15, -0.1) is 0 Å². The smallest absolute Gasteiger partial charge is 0.0490 e. The maximum atomic E-state index is 9.84. The summed E-state index contributed by atoms with van der Waals surface area (Å²) in [5.41, 5.74) is 3.37. The van der Waals surface area contributed by atoms with Gasteiger partial charge in [-0.05, 0) is 62.7 Å². The molecule has 0 heterocycles. The lowest BCUT2D eigenvalue weighted by Crippen LogP contribution is -2.35. The minimum absolute atomic E-state index is 0.116. The Kier molecular flexibility index (Phi) is 5.89. The summed E-state index contributed by atoms with van der Waals surface area (Å²) in [6.07, 6.45) is 17.7. The Labute approximate surface area is 125 Å². The summed E-state index contributed by atoms with van der Waals surface area (Å²) >= 11 is 0. The zero-order valence-corrected chi connectivity index (χ0v) is 13.5. The van der Waals surface area contributed by atoms with Crippen molar-refractivity contribution in [3.63, 3.8) is 0 Å². The van der Waals surface area contributed by atoms with Crippen molar-refractivity contribution in [2.24, 2.45) is 11.3 Å². The van der Waals surface area contributed by atoms with Crippen LogP contribution in [0.1, 0.15) is 78.1 Å². The highest BCUT2D eigenvalue weighted by Gasteiger charge is 2.37. The van der Waals surface area contributed by atoms with Gasteiger partial charge in [0.25, 0.3) is 0 Å². The number of aliphatic hydroxyl groups excluding tert-OH is 1. The minimum atomic E-state index is 0.116. The second kappa shape index (κ2) is 7.45. The van der Waals surface area contributed by atoms with Crippen LogP contribution in [0, 0.1) is 11.3 Å². The average molecular weight is 276 g/mol. The largest absolute Gasteiger partial charge is 0.396 e. The van der Waals surface area contributed by atoms with Crippen molar-refractivity contribution >= 4 is 0 Å². The maximum absolute atomic E-state index is 9.84. The van der Waals surface area contributed by atoms with Crippen molar-refractivity contribution in [3.05, 3.63) is 23.3 Å². The van der Waals surface area contributed by atoms with E-state index in [1.165, 1.54) is 64.2 Å². The molecule has 0 radical (unpaired) electrons. The van der Waals surface area contributed by atoms with Gasteiger partial charge < -0.3 is 5.11 Å². The molecule has 2 aliphatic carbocycles. The van der Waals surface area contributed by atoms with Gasteiger partial charge in [0.1, 0.15) is 0 Å². The van der Waals surface area contributed by atoms with Crippen molar-refractivity contribution in [3.8, 4) is 0 Å². The van der Waals surface area contributed by atoms with Crippen LogP contribution in [0.15, 0.2) is 23.3 Å². The highest BCUT2D eigenvalue weighted by molar-refractivity contribution is 5.23. The van der Waals surface area contributed by atoms with Crippen LogP contribution < -0.4 is 0 Å². The molecule has 2 fully saturated rings. The molecule has 0 spiro atoms. The van der Waals surface area contributed by atoms with Gasteiger partial charge in [-0.1, -0.05) is 50.0 Å². The number of hydrogen-bond donors (Lipinski definition) is 1. The molecule has 2 atom stereocenters. The minimum Gasteiger partial charge on any atom is -0.396 e. The molecule has 0 amide bonds. The monoisotopic (exact) mass is 276 g/mol. The molecule has 1 N–H and O–H groups in total. The van der Waals surface area contributed by atoms with Crippen molar-refractivity contribution < 1.29 is 5.11 Å². The van der Waals surface area contributed by atoms with E-state index < -0.39 is 0 Å². The van der Waals surface area contributed by atoms with Gasteiger partial charge >= 0.3 is 0 Å². The molecule has 1 nitrogen and oxygen atoms in total. The van der Waals surface area contributed by atoms with E-state index in [1.807, 2.05) is 0 Å². The lowest BCUT2D eigenvalue weighted by atomic mass is 9.64. The van der Waals surface area contributed by atoms with Gasteiger partial charge in [-0.3, -0.25) is 0 Å². The number of allylic oxidation sites excluding steroid dienone is 4. The summed E-state index contributed by atoms with van der Waals surface area (Å²) < 4.78 is 0. The Morgan fingerprint density at radius 3 is 2.50 bits per heavy atom. The molecule has 0 saturated heterocycles. The molecule has 2 unspecified atom stereocenters. The second-order valence-corrected chi connectivity index (χ2v) is 7.13. The predicted molar refractivity (Wildman–Crippen MR) is 86.7 cm³/mol. The summed E-state index contributed by atoms with van der Waals surface area (Å²) in [4.78, 5) is 0. The van der Waals surface area contributed by atoms with Crippen LogP contribution in [-0.4, -0.2) is 11.7 Å². The third-order valence-corrected chi connectivity index (χ3v) is 5.47. The first-order valence-corrected chi connectivity index (χ1v) is 8.69. The Hall–Kier alpha value is -0.560. The van der Waals surface area contributed by atoms with Crippen LogP contribution in [0.3, 0.4) is 0 Å². The molecule has 0 aromatic carbocycles. The summed E-state index contributed by atoms with van der Waals surface area (Å²) in [5.74, 6) is 0.590. The Morgan fingerprint density at radius 2 is 1.85 bits per heavy atom. The van der Waals surface area contributed by atoms with Crippen molar-refractivity contribution in [2.45, 2.75) is 78.1 Å². The first kappa shape index (κ1) is 15.8. The second-order valence-electron chi connectivity index (χ2n) is 7.13. The van der Waals surface area contributed by atoms with Crippen LogP contribution in [0.2, 0.25) is 0 Å². The molecule has 0 aliphatic heterocycles. The van der Waals surface area contributed by atoms with Crippen molar-refractivity contribution in [2.75, 3.05) is 6.61 Å². The fourth-order valence-electron chi connectivity index (χ4n) is 4.10.